The highest BCUT2D eigenvalue weighted by Crippen LogP contribution is 2.48. The van der Waals surface area contributed by atoms with Gasteiger partial charge in [0.1, 0.15) is 0 Å². The van der Waals surface area contributed by atoms with Gasteiger partial charge in [0, 0.05) is 52.9 Å². The number of nitrogens with zero attached hydrogens (tertiary/aromatic N) is 2. The van der Waals surface area contributed by atoms with E-state index in [1.54, 1.807) is 11.3 Å². The molecule has 63 heavy (non-hydrogen) atoms. The smallest absolute Gasteiger partial charge is 0.261 e. The van der Waals surface area contributed by atoms with Gasteiger partial charge in [-0.25, -0.2) is 0 Å². The first-order chi connectivity index (χ1) is 30.7. The molecule has 0 aliphatic carbocycles. The van der Waals surface area contributed by atoms with Gasteiger partial charge in [0.05, 0.1) is 21.7 Å². The van der Waals surface area contributed by atoms with Crippen molar-refractivity contribution in [3.63, 3.8) is 0 Å². The summed E-state index contributed by atoms with van der Waals surface area (Å²) in [4.78, 5) is 43.7. The van der Waals surface area contributed by atoms with Crippen LogP contribution in [0.25, 0.3) is 35.0 Å². The van der Waals surface area contributed by atoms with Crippen LogP contribution >= 0.6 is 45.3 Å². The van der Waals surface area contributed by atoms with Crippen molar-refractivity contribution in [3.8, 4) is 29.3 Å². The van der Waals surface area contributed by atoms with Crippen LogP contribution in [-0.2, 0) is 9.59 Å². The molecule has 2 aliphatic rings. The molecule has 2 unspecified atom stereocenters. The van der Waals surface area contributed by atoms with Crippen LogP contribution in [0.3, 0.4) is 0 Å². The van der Waals surface area contributed by atoms with E-state index in [1.165, 1.54) is 163 Å². The molecule has 0 aromatic carbocycles. The molecule has 6 rings (SSSR count). The van der Waals surface area contributed by atoms with Gasteiger partial charge in [-0.2, -0.15) is 0 Å². The summed E-state index contributed by atoms with van der Waals surface area (Å²) in [6, 6.07) is 17.8. The summed E-state index contributed by atoms with van der Waals surface area (Å²) >= 11 is 7.28. The Morgan fingerprint density at radius 3 is 1.27 bits per heavy atom. The number of hydrogen-bond donors (Lipinski definition) is 0. The largest absolute Gasteiger partial charge is 0.311 e. The Hall–Kier alpha value is -2.78. The summed E-state index contributed by atoms with van der Waals surface area (Å²) in [5.74, 6) is 0.880. The molecule has 4 aromatic rings. The van der Waals surface area contributed by atoms with E-state index in [1.807, 2.05) is 43.8 Å². The second-order valence-electron chi connectivity index (χ2n) is 18.8. The van der Waals surface area contributed by atoms with Crippen LogP contribution < -0.4 is 0 Å². The third-order valence-electron chi connectivity index (χ3n) is 13.4. The van der Waals surface area contributed by atoms with Crippen LogP contribution in [-0.4, -0.2) is 34.7 Å². The van der Waals surface area contributed by atoms with Crippen molar-refractivity contribution in [3.05, 3.63) is 75.1 Å². The lowest BCUT2D eigenvalue weighted by Crippen LogP contribution is -2.34. The number of thiophene rings is 4. The Balaban J connectivity index is 1.22. The maximum atomic E-state index is 14.9. The van der Waals surface area contributed by atoms with Crippen molar-refractivity contribution in [2.24, 2.45) is 11.8 Å². The van der Waals surface area contributed by atoms with Gasteiger partial charge in [-0.05, 0) is 93.5 Å². The van der Waals surface area contributed by atoms with E-state index in [0.717, 1.165) is 42.1 Å². The zero-order valence-electron chi connectivity index (χ0n) is 39.8. The maximum absolute atomic E-state index is 14.9. The average Bonchev–Trinajstić information content (AvgIpc) is 4.15. The van der Waals surface area contributed by atoms with Crippen molar-refractivity contribution >= 4 is 62.9 Å². The van der Waals surface area contributed by atoms with Gasteiger partial charge in [-0.3, -0.25) is 9.59 Å². The topological polar surface area (TPSA) is 40.6 Å². The van der Waals surface area contributed by atoms with E-state index in [0.29, 0.717) is 29.5 Å². The lowest BCUT2D eigenvalue weighted by atomic mass is 9.93. The van der Waals surface area contributed by atoms with Crippen LogP contribution in [0.1, 0.15) is 192 Å². The standard InChI is InChI=1S/C55H78N2O2S4/c1-7-10-13-16-19-20-23-26-29-43(28-25-22-18-15-12-9-3)39-56-42(6)51-52(55(56)59)53(57(54(51)58)38-40(4)27-24-21-17-14-11-8-2)50-37-36-49(63-50)48-35-34-47(62-48)46-33-32-45(61-46)44-31-30-41(5)60-44/h30-37,40,43H,7-29,38-39H2,1-6H3. The fourth-order valence-electron chi connectivity index (χ4n) is 9.62. The zero-order chi connectivity index (χ0) is 44.6. The van der Waals surface area contributed by atoms with Crippen molar-refractivity contribution in [1.82, 2.24) is 9.80 Å². The Bertz CT molecular complexity index is 2090. The van der Waals surface area contributed by atoms with Crippen LogP contribution in [0, 0.1) is 18.8 Å². The van der Waals surface area contributed by atoms with Crippen molar-refractivity contribution in [1.29, 1.82) is 0 Å². The molecule has 0 saturated carbocycles. The number of carbonyl (C=O) groups is 2. The highest BCUT2D eigenvalue weighted by molar-refractivity contribution is 7.28. The van der Waals surface area contributed by atoms with Gasteiger partial charge >= 0.3 is 0 Å². The molecule has 0 spiro atoms. The molecule has 0 N–H and O–H groups in total. The van der Waals surface area contributed by atoms with Gasteiger partial charge in [0.25, 0.3) is 11.8 Å². The van der Waals surface area contributed by atoms with Gasteiger partial charge in [-0.1, -0.05) is 156 Å². The summed E-state index contributed by atoms with van der Waals surface area (Å²) in [5.41, 5.74) is 3.05. The van der Waals surface area contributed by atoms with Gasteiger partial charge in [-0.15, -0.1) is 45.3 Å². The number of fused-ring (bicyclic) bond motifs is 1. The van der Waals surface area contributed by atoms with E-state index in [9.17, 15) is 9.59 Å². The molecule has 8 heteroatoms. The number of aryl methyl sites for hydroxylation is 1. The highest BCUT2D eigenvalue weighted by Gasteiger charge is 2.48. The fraction of sp³-hybridized carbons (Fsp3) is 0.600. The van der Waals surface area contributed by atoms with E-state index >= 15 is 0 Å². The Morgan fingerprint density at radius 2 is 0.810 bits per heavy atom. The molecule has 6 heterocycles. The molecule has 2 atom stereocenters. The molecule has 0 radical (unpaired) electrons. The highest BCUT2D eigenvalue weighted by atomic mass is 32.1. The normalized spacial score (nSPS) is 15.2. The quantitative estimate of drug-likeness (QED) is 0.0472. The molecule has 0 bridgehead atoms. The third kappa shape index (κ3) is 13.6. The SMILES string of the molecule is CCCCCCCCCCC(CCCCCCCC)CN1C(=O)C2=C(c3ccc(-c4ccc(-c5ccc(-c6ccc(C)s6)s5)s4)s3)N(CC(C)CCCCCCCC)C(=O)C2=C1C. The van der Waals surface area contributed by atoms with Crippen LogP contribution in [0.15, 0.2) is 65.4 Å². The molecule has 4 aromatic heterocycles. The number of unbranched alkanes of at least 4 members (excludes halogenated alkanes) is 17. The summed E-state index contributed by atoms with van der Waals surface area (Å²) < 4.78 is 0. The molecule has 344 valence electrons. The van der Waals surface area contributed by atoms with Crippen molar-refractivity contribution < 1.29 is 9.59 Å². The predicted molar refractivity (Wildman–Crippen MR) is 278 cm³/mol. The first-order valence-corrected chi connectivity index (χ1v) is 28.5. The number of rotatable bonds is 31. The Morgan fingerprint density at radius 1 is 0.429 bits per heavy atom. The molecular weight excluding hydrogens is 849 g/mol. The van der Waals surface area contributed by atoms with Gasteiger partial charge in [0.2, 0.25) is 0 Å². The fourth-order valence-corrected chi connectivity index (χ4v) is 13.8. The number of amides is 2. The number of hydrogen-bond acceptors (Lipinski definition) is 6. The van der Waals surface area contributed by atoms with E-state index in [2.05, 4.69) is 90.1 Å². The summed E-state index contributed by atoms with van der Waals surface area (Å²) in [5, 5.41) is 0. The summed E-state index contributed by atoms with van der Waals surface area (Å²) in [6.07, 6.45) is 29.3. The summed E-state index contributed by atoms with van der Waals surface area (Å²) in [6.45, 7) is 14.7. The van der Waals surface area contributed by atoms with Crippen LogP contribution in [0.5, 0.6) is 0 Å². The zero-order valence-corrected chi connectivity index (χ0v) is 43.1. The second-order valence-corrected chi connectivity index (χ2v) is 23.3. The first-order valence-electron chi connectivity index (χ1n) is 25.2. The monoisotopic (exact) mass is 926 g/mol. The molecular formula is C55H78N2O2S4. The van der Waals surface area contributed by atoms with Crippen molar-refractivity contribution in [2.75, 3.05) is 13.1 Å². The molecule has 2 amide bonds. The molecule has 0 fully saturated rings. The third-order valence-corrected chi connectivity index (χ3v) is 18.2. The van der Waals surface area contributed by atoms with E-state index in [-0.39, 0.29) is 11.8 Å². The Labute approximate surface area is 398 Å². The van der Waals surface area contributed by atoms with E-state index < -0.39 is 0 Å². The lowest BCUT2D eigenvalue weighted by molar-refractivity contribution is -0.124. The van der Waals surface area contributed by atoms with Gasteiger partial charge < -0.3 is 9.80 Å². The molecule has 0 saturated heterocycles. The van der Waals surface area contributed by atoms with Crippen LogP contribution in [0.2, 0.25) is 0 Å². The molecule has 2 aliphatic heterocycles. The molecule has 4 nitrogen and oxygen atoms in total. The maximum Gasteiger partial charge on any atom is 0.261 e. The lowest BCUT2D eigenvalue weighted by Gasteiger charge is -2.28. The second kappa shape index (κ2) is 25.8. The van der Waals surface area contributed by atoms with Gasteiger partial charge in [0.15, 0.2) is 0 Å². The predicted octanol–water partition coefficient (Wildman–Crippen LogP) is 18.2. The van der Waals surface area contributed by atoms with E-state index in [4.69, 9.17) is 0 Å². The van der Waals surface area contributed by atoms with Crippen LogP contribution in [0.4, 0.5) is 0 Å². The number of carbonyl (C=O) groups excluding carboxylic acids is 2. The minimum Gasteiger partial charge on any atom is -0.311 e. The minimum absolute atomic E-state index is 0.0292. The Kier molecular flexibility index (Phi) is 20.3. The summed E-state index contributed by atoms with van der Waals surface area (Å²) in [7, 11) is 0. The first kappa shape index (κ1) is 49.6. The average molecular weight is 928 g/mol. The minimum atomic E-state index is 0.0292. The van der Waals surface area contributed by atoms with Crippen molar-refractivity contribution in [2.45, 2.75) is 189 Å². The number of allylic oxidation sites excluding steroid dienone is 1.